The lowest BCUT2D eigenvalue weighted by Crippen LogP contribution is -2.47. The molecule has 20 heavy (non-hydrogen) atoms. The van der Waals surface area contributed by atoms with Gasteiger partial charge in [-0.3, -0.25) is 4.90 Å². The zero-order chi connectivity index (χ0) is 14.5. The summed E-state index contributed by atoms with van der Waals surface area (Å²) in [7, 11) is 2.21. The predicted molar refractivity (Wildman–Crippen MR) is 86.3 cm³/mol. The van der Waals surface area contributed by atoms with Crippen LogP contribution >= 0.6 is 0 Å². The Hall–Kier alpha value is -0.900. The van der Waals surface area contributed by atoms with Crippen molar-refractivity contribution in [3.63, 3.8) is 0 Å². The van der Waals surface area contributed by atoms with E-state index in [4.69, 9.17) is 0 Å². The van der Waals surface area contributed by atoms with Crippen molar-refractivity contribution in [2.45, 2.75) is 26.8 Å². The van der Waals surface area contributed by atoms with E-state index in [1.165, 1.54) is 42.9 Å². The molecule has 1 saturated heterocycles. The third kappa shape index (κ3) is 4.05. The second-order valence-electron chi connectivity index (χ2n) is 6.07. The maximum Gasteiger partial charge on any atom is 0.0451 e. The quantitative estimate of drug-likeness (QED) is 0.889. The molecular weight excluding hydrogens is 246 g/mol. The van der Waals surface area contributed by atoms with Gasteiger partial charge in [0.1, 0.15) is 0 Å². The summed E-state index contributed by atoms with van der Waals surface area (Å²) >= 11 is 0. The van der Waals surface area contributed by atoms with Gasteiger partial charge in [0.2, 0.25) is 0 Å². The minimum Gasteiger partial charge on any atom is -0.309 e. The molecule has 0 saturated carbocycles. The van der Waals surface area contributed by atoms with Crippen LogP contribution in [0.1, 0.15) is 29.7 Å². The molecule has 1 atom stereocenters. The molecule has 3 nitrogen and oxygen atoms in total. The van der Waals surface area contributed by atoms with Gasteiger partial charge in [0.05, 0.1) is 0 Å². The van der Waals surface area contributed by atoms with Gasteiger partial charge in [-0.25, -0.2) is 0 Å². The fraction of sp³-hybridized carbons (Fsp3) is 0.647. The summed E-state index contributed by atoms with van der Waals surface area (Å²) in [5, 5.41) is 3.67. The molecule has 1 N–H and O–H groups in total. The number of nitrogens with one attached hydrogen (secondary N) is 1. The maximum atomic E-state index is 3.67. The van der Waals surface area contributed by atoms with Gasteiger partial charge in [-0.1, -0.05) is 30.7 Å². The van der Waals surface area contributed by atoms with Crippen molar-refractivity contribution in [3.05, 3.63) is 34.9 Å². The molecule has 0 bridgehead atoms. The Balaban J connectivity index is 2.08. The van der Waals surface area contributed by atoms with E-state index in [1.54, 1.807) is 0 Å². The Kier molecular flexibility index (Phi) is 5.58. The summed E-state index contributed by atoms with van der Waals surface area (Å²) in [6.45, 7) is 13.5. The smallest absolute Gasteiger partial charge is 0.0451 e. The molecule has 0 spiro atoms. The van der Waals surface area contributed by atoms with Crippen LogP contribution in [0.15, 0.2) is 18.2 Å². The SMILES string of the molecule is CCNC(CN1CCN(C)CC1)c1cc(C)ccc1C. The molecule has 112 valence electrons. The zero-order valence-corrected chi connectivity index (χ0v) is 13.4. The molecule has 0 amide bonds. The highest BCUT2D eigenvalue weighted by atomic mass is 15.3. The Morgan fingerprint density at radius 3 is 2.50 bits per heavy atom. The first kappa shape index (κ1) is 15.5. The van der Waals surface area contributed by atoms with E-state index in [0.29, 0.717) is 6.04 Å². The third-order valence-corrected chi connectivity index (χ3v) is 4.30. The standard InChI is InChI=1S/C17H29N3/c1-5-18-17(13-20-10-8-19(4)9-11-20)16-12-14(2)6-7-15(16)3/h6-7,12,17-18H,5,8-11,13H2,1-4H3. The topological polar surface area (TPSA) is 18.5 Å². The van der Waals surface area contributed by atoms with E-state index in [1.807, 2.05) is 0 Å². The lowest BCUT2D eigenvalue weighted by Gasteiger charge is -2.35. The summed E-state index contributed by atoms with van der Waals surface area (Å²) in [6.07, 6.45) is 0. The van der Waals surface area contributed by atoms with E-state index in [9.17, 15) is 0 Å². The largest absolute Gasteiger partial charge is 0.309 e. The number of piperazine rings is 1. The first-order chi connectivity index (χ1) is 9.60. The number of hydrogen-bond acceptors (Lipinski definition) is 3. The average Bonchev–Trinajstić information content (AvgIpc) is 2.43. The second-order valence-corrected chi connectivity index (χ2v) is 6.07. The van der Waals surface area contributed by atoms with Gasteiger partial charge >= 0.3 is 0 Å². The maximum absolute atomic E-state index is 3.67. The van der Waals surface area contributed by atoms with Gasteiger partial charge in [0.15, 0.2) is 0 Å². The molecule has 1 unspecified atom stereocenters. The number of rotatable bonds is 5. The van der Waals surface area contributed by atoms with Crippen LogP contribution in [0.5, 0.6) is 0 Å². The lowest BCUT2D eigenvalue weighted by atomic mass is 9.98. The monoisotopic (exact) mass is 275 g/mol. The summed E-state index contributed by atoms with van der Waals surface area (Å²) in [4.78, 5) is 5.01. The van der Waals surface area contributed by atoms with Gasteiger partial charge in [-0.15, -0.1) is 0 Å². The van der Waals surface area contributed by atoms with Crippen LogP contribution in [0.4, 0.5) is 0 Å². The molecule has 3 heteroatoms. The number of hydrogen-bond donors (Lipinski definition) is 1. The molecule has 1 heterocycles. The minimum absolute atomic E-state index is 0.448. The van der Waals surface area contributed by atoms with E-state index in [-0.39, 0.29) is 0 Å². The number of aryl methyl sites for hydroxylation is 2. The van der Waals surface area contributed by atoms with Crippen LogP contribution in [0, 0.1) is 13.8 Å². The van der Waals surface area contributed by atoms with Crippen molar-refractivity contribution in [2.75, 3.05) is 46.3 Å². The molecule has 0 aliphatic carbocycles. The summed E-state index contributed by atoms with van der Waals surface area (Å²) in [5.74, 6) is 0. The Labute approximate surface area is 124 Å². The van der Waals surface area contributed by atoms with E-state index in [2.05, 4.69) is 61.1 Å². The molecule has 1 aliphatic rings. The normalized spacial score (nSPS) is 19.2. The van der Waals surface area contributed by atoms with Crippen molar-refractivity contribution in [3.8, 4) is 0 Å². The molecular formula is C17H29N3. The van der Waals surface area contributed by atoms with Crippen LogP contribution in [0.2, 0.25) is 0 Å². The Bertz CT molecular complexity index is 422. The second kappa shape index (κ2) is 7.21. The highest BCUT2D eigenvalue weighted by Gasteiger charge is 2.20. The zero-order valence-electron chi connectivity index (χ0n) is 13.4. The average molecular weight is 275 g/mol. The van der Waals surface area contributed by atoms with Gasteiger partial charge in [-0.2, -0.15) is 0 Å². The number of likely N-dealkylation sites (N-methyl/N-ethyl adjacent to an activating group) is 2. The fourth-order valence-electron chi connectivity index (χ4n) is 2.94. The molecule has 1 aliphatic heterocycles. The van der Waals surface area contributed by atoms with Crippen molar-refractivity contribution >= 4 is 0 Å². The molecule has 1 aromatic carbocycles. The minimum atomic E-state index is 0.448. The Morgan fingerprint density at radius 1 is 1.15 bits per heavy atom. The van der Waals surface area contributed by atoms with Gasteiger partial charge < -0.3 is 10.2 Å². The molecule has 0 aromatic heterocycles. The van der Waals surface area contributed by atoms with Crippen LogP contribution in [-0.4, -0.2) is 56.1 Å². The first-order valence-electron chi connectivity index (χ1n) is 7.81. The van der Waals surface area contributed by atoms with Crippen LogP contribution in [0.25, 0.3) is 0 Å². The lowest BCUT2D eigenvalue weighted by molar-refractivity contribution is 0.142. The van der Waals surface area contributed by atoms with Gasteiger partial charge in [-0.05, 0) is 38.6 Å². The first-order valence-corrected chi connectivity index (χ1v) is 7.81. The van der Waals surface area contributed by atoms with Crippen molar-refractivity contribution in [2.24, 2.45) is 0 Å². The summed E-state index contributed by atoms with van der Waals surface area (Å²) in [5.41, 5.74) is 4.22. The molecule has 0 radical (unpaired) electrons. The number of benzene rings is 1. The van der Waals surface area contributed by atoms with Crippen LogP contribution in [-0.2, 0) is 0 Å². The van der Waals surface area contributed by atoms with Crippen molar-refractivity contribution in [1.82, 2.24) is 15.1 Å². The highest BCUT2D eigenvalue weighted by molar-refractivity contribution is 5.33. The number of nitrogens with zero attached hydrogens (tertiary/aromatic N) is 2. The van der Waals surface area contributed by atoms with Crippen molar-refractivity contribution < 1.29 is 0 Å². The van der Waals surface area contributed by atoms with Gasteiger partial charge in [0.25, 0.3) is 0 Å². The third-order valence-electron chi connectivity index (χ3n) is 4.30. The highest BCUT2D eigenvalue weighted by Crippen LogP contribution is 2.21. The van der Waals surface area contributed by atoms with E-state index in [0.717, 1.165) is 13.1 Å². The van der Waals surface area contributed by atoms with Crippen LogP contribution in [0.3, 0.4) is 0 Å². The van der Waals surface area contributed by atoms with E-state index < -0.39 is 0 Å². The summed E-state index contributed by atoms with van der Waals surface area (Å²) < 4.78 is 0. The Morgan fingerprint density at radius 2 is 1.85 bits per heavy atom. The van der Waals surface area contributed by atoms with E-state index >= 15 is 0 Å². The molecule has 1 fully saturated rings. The van der Waals surface area contributed by atoms with Gasteiger partial charge in [0, 0.05) is 38.8 Å². The molecule has 1 aromatic rings. The fourth-order valence-corrected chi connectivity index (χ4v) is 2.94. The van der Waals surface area contributed by atoms with Crippen molar-refractivity contribution in [1.29, 1.82) is 0 Å². The van der Waals surface area contributed by atoms with Crippen LogP contribution < -0.4 is 5.32 Å². The summed E-state index contributed by atoms with van der Waals surface area (Å²) in [6, 6.07) is 7.25. The molecule has 2 rings (SSSR count). The predicted octanol–water partition coefficient (Wildman–Crippen LogP) is 2.20.